The Balaban J connectivity index is 1.79. The van der Waals surface area contributed by atoms with Crippen LogP contribution in [-0.2, 0) is 0 Å². The quantitative estimate of drug-likeness (QED) is 0.500. The standard InChI is InChI=1S/C27H18ClN3O/c28-21-12-13-22-20(15-21)11-14-23-27(16-29,17-30)24(18-7-3-1-4-8-18)25(31(22)23)26(32)19-9-5-2-6-10-19/h1-15,23-25H/t23-,24+,25+/m0/s1. The van der Waals surface area contributed by atoms with Crippen molar-refractivity contribution in [1.29, 1.82) is 10.5 Å². The molecule has 2 heterocycles. The van der Waals surface area contributed by atoms with Gasteiger partial charge in [-0.05, 0) is 29.3 Å². The molecular formula is C27H18ClN3O. The monoisotopic (exact) mass is 435 g/mol. The maximum absolute atomic E-state index is 14.0. The Hall–Kier alpha value is -3.86. The van der Waals surface area contributed by atoms with E-state index in [0.717, 1.165) is 16.8 Å². The second-order valence-corrected chi connectivity index (χ2v) is 8.51. The molecule has 5 heteroatoms. The lowest BCUT2D eigenvalue weighted by molar-refractivity contribution is 0.0951. The Morgan fingerprint density at radius 3 is 2.25 bits per heavy atom. The average Bonchev–Trinajstić information content (AvgIpc) is 3.15. The van der Waals surface area contributed by atoms with E-state index in [4.69, 9.17) is 11.6 Å². The maximum Gasteiger partial charge on any atom is 0.185 e. The number of anilines is 1. The molecule has 3 aromatic rings. The highest BCUT2D eigenvalue weighted by atomic mass is 35.5. The molecule has 4 nitrogen and oxygen atoms in total. The number of hydrogen-bond donors (Lipinski definition) is 0. The van der Waals surface area contributed by atoms with E-state index in [1.807, 2.05) is 77.7 Å². The first kappa shape index (κ1) is 20.1. The molecule has 5 rings (SSSR count). The van der Waals surface area contributed by atoms with E-state index < -0.39 is 23.4 Å². The summed E-state index contributed by atoms with van der Waals surface area (Å²) in [6.07, 6.45) is 3.75. The summed E-state index contributed by atoms with van der Waals surface area (Å²) in [5.41, 5.74) is 1.56. The van der Waals surface area contributed by atoms with Crippen LogP contribution < -0.4 is 4.90 Å². The van der Waals surface area contributed by atoms with E-state index in [0.29, 0.717) is 10.6 Å². The third-order valence-electron chi connectivity index (χ3n) is 6.45. The number of Topliss-reactive ketones (excluding diaryl/α,β-unsaturated/α-hetero) is 1. The summed E-state index contributed by atoms with van der Waals surface area (Å²) in [6, 6.07) is 27.3. The number of carbonyl (C=O) groups excluding carboxylic acids is 1. The van der Waals surface area contributed by atoms with E-state index >= 15 is 0 Å². The topological polar surface area (TPSA) is 67.9 Å². The molecule has 1 saturated heterocycles. The van der Waals surface area contributed by atoms with Gasteiger partial charge in [0, 0.05) is 22.2 Å². The number of halogens is 1. The van der Waals surface area contributed by atoms with Gasteiger partial charge in [-0.15, -0.1) is 0 Å². The summed E-state index contributed by atoms with van der Waals surface area (Å²) < 4.78 is 0. The summed E-state index contributed by atoms with van der Waals surface area (Å²) in [7, 11) is 0. The zero-order valence-corrected chi connectivity index (χ0v) is 17.8. The van der Waals surface area contributed by atoms with Crippen LogP contribution in [-0.4, -0.2) is 17.9 Å². The Labute approximate surface area is 191 Å². The van der Waals surface area contributed by atoms with Crippen molar-refractivity contribution in [2.24, 2.45) is 5.41 Å². The van der Waals surface area contributed by atoms with Gasteiger partial charge in [0.1, 0.15) is 6.04 Å². The number of nitrogens with zero attached hydrogens (tertiary/aromatic N) is 3. The fraction of sp³-hybridized carbons (Fsp3) is 0.148. The van der Waals surface area contributed by atoms with Gasteiger partial charge < -0.3 is 4.90 Å². The van der Waals surface area contributed by atoms with Crippen LogP contribution >= 0.6 is 11.6 Å². The van der Waals surface area contributed by atoms with Gasteiger partial charge in [0.15, 0.2) is 11.2 Å². The first-order valence-corrected chi connectivity index (χ1v) is 10.7. The molecule has 1 fully saturated rings. The highest BCUT2D eigenvalue weighted by Gasteiger charge is 2.63. The van der Waals surface area contributed by atoms with Crippen molar-refractivity contribution in [2.75, 3.05) is 4.90 Å². The van der Waals surface area contributed by atoms with Crippen molar-refractivity contribution in [1.82, 2.24) is 0 Å². The number of fused-ring (bicyclic) bond motifs is 3. The lowest BCUT2D eigenvalue weighted by atomic mass is 9.69. The summed E-state index contributed by atoms with van der Waals surface area (Å²) in [5.74, 6) is -0.754. The molecule has 0 spiro atoms. The average molecular weight is 436 g/mol. The zero-order chi connectivity index (χ0) is 22.3. The van der Waals surface area contributed by atoms with Gasteiger partial charge in [-0.2, -0.15) is 10.5 Å². The number of carbonyl (C=O) groups is 1. The van der Waals surface area contributed by atoms with Gasteiger partial charge in [-0.25, -0.2) is 0 Å². The summed E-state index contributed by atoms with van der Waals surface area (Å²) >= 11 is 6.23. The Kier molecular flexibility index (Phi) is 4.82. The van der Waals surface area contributed by atoms with Crippen LogP contribution in [0.15, 0.2) is 84.9 Å². The van der Waals surface area contributed by atoms with Gasteiger partial charge in [0.2, 0.25) is 0 Å². The second kappa shape index (κ2) is 7.68. The van der Waals surface area contributed by atoms with Gasteiger partial charge in [0.05, 0.1) is 18.2 Å². The number of hydrogen-bond acceptors (Lipinski definition) is 4. The Morgan fingerprint density at radius 1 is 0.938 bits per heavy atom. The predicted molar refractivity (Wildman–Crippen MR) is 124 cm³/mol. The maximum atomic E-state index is 14.0. The SMILES string of the molecule is N#CC1(C#N)[C@H](c2ccccc2)[C@H](C(=O)c2ccccc2)N2c3ccc(Cl)cc3C=C[C@H]21. The molecular weight excluding hydrogens is 418 g/mol. The normalized spacial score (nSPS) is 22.3. The van der Waals surface area contributed by atoms with Gasteiger partial charge >= 0.3 is 0 Å². The van der Waals surface area contributed by atoms with Gasteiger partial charge in [-0.3, -0.25) is 4.79 Å². The molecule has 0 aromatic heterocycles. The molecule has 3 aromatic carbocycles. The van der Waals surface area contributed by atoms with Crippen molar-refractivity contribution in [2.45, 2.75) is 18.0 Å². The van der Waals surface area contributed by atoms with E-state index in [2.05, 4.69) is 12.1 Å². The van der Waals surface area contributed by atoms with E-state index in [-0.39, 0.29) is 5.78 Å². The molecule has 2 aliphatic rings. The number of rotatable bonds is 3. The van der Waals surface area contributed by atoms with Crippen molar-refractivity contribution in [3.63, 3.8) is 0 Å². The first-order chi connectivity index (χ1) is 15.6. The van der Waals surface area contributed by atoms with Crippen LogP contribution in [0.5, 0.6) is 0 Å². The van der Waals surface area contributed by atoms with Crippen molar-refractivity contribution in [3.05, 3.63) is 107 Å². The summed E-state index contributed by atoms with van der Waals surface area (Å²) in [4.78, 5) is 15.9. The van der Waals surface area contributed by atoms with E-state index in [1.54, 1.807) is 18.2 Å². The van der Waals surface area contributed by atoms with Gasteiger partial charge in [0.25, 0.3) is 0 Å². The minimum atomic E-state index is -1.44. The lowest BCUT2D eigenvalue weighted by Crippen LogP contribution is -2.44. The van der Waals surface area contributed by atoms with Crippen LogP contribution in [0, 0.1) is 28.1 Å². The second-order valence-electron chi connectivity index (χ2n) is 8.07. The number of benzene rings is 3. The fourth-order valence-corrected chi connectivity index (χ4v) is 5.25. The van der Waals surface area contributed by atoms with E-state index in [1.165, 1.54) is 0 Å². The molecule has 0 bridgehead atoms. The fourth-order valence-electron chi connectivity index (χ4n) is 5.07. The molecule has 0 unspecified atom stereocenters. The molecule has 154 valence electrons. The lowest BCUT2D eigenvalue weighted by Gasteiger charge is -2.35. The molecule has 0 amide bonds. The Bertz CT molecular complexity index is 1290. The first-order valence-electron chi connectivity index (χ1n) is 10.3. The molecule has 3 atom stereocenters. The largest absolute Gasteiger partial charge is 0.351 e. The van der Waals surface area contributed by atoms with Crippen molar-refractivity contribution in [3.8, 4) is 12.1 Å². The van der Waals surface area contributed by atoms with Crippen LogP contribution in [0.1, 0.15) is 27.4 Å². The number of ketones is 1. The summed E-state index contributed by atoms with van der Waals surface area (Å²) in [6.45, 7) is 0. The smallest absolute Gasteiger partial charge is 0.185 e. The molecule has 32 heavy (non-hydrogen) atoms. The molecule has 0 radical (unpaired) electrons. The summed E-state index contributed by atoms with van der Waals surface area (Å²) in [5, 5.41) is 21.4. The van der Waals surface area contributed by atoms with Crippen LogP contribution in [0.3, 0.4) is 0 Å². The third kappa shape index (κ3) is 2.85. The van der Waals surface area contributed by atoms with Crippen LogP contribution in [0.25, 0.3) is 6.08 Å². The number of nitriles is 2. The highest BCUT2D eigenvalue weighted by Crippen LogP contribution is 2.55. The molecule has 0 aliphatic carbocycles. The minimum absolute atomic E-state index is 0.118. The van der Waals surface area contributed by atoms with Crippen molar-refractivity contribution >= 4 is 29.1 Å². The molecule has 2 aliphatic heterocycles. The van der Waals surface area contributed by atoms with Crippen LogP contribution in [0.4, 0.5) is 5.69 Å². The van der Waals surface area contributed by atoms with Crippen LogP contribution in [0.2, 0.25) is 5.02 Å². The Morgan fingerprint density at radius 2 is 1.59 bits per heavy atom. The molecule has 0 N–H and O–H groups in total. The van der Waals surface area contributed by atoms with E-state index in [9.17, 15) is 15.3 Å². The third-order valence-corrected chi connectivity index (χ3v) is 6.69. The zero-order valence-electron chi connectivity index (χ0n) is 17.0. The highest BCUT2D eigenvalue weighted by molar-refractivity contribution is 6.30. The van der Waals surface area contributed by atoms with Gasteiger partial charge in [-0.1, -0.05) is 84.4 Å². The molecule has 0 saturated carbocycles. The minimum Gasteiger partial charge on any atom is -0.351 e. The van der Waals surface area contributed by atoms with Crippen molar-refractivity contribution < 1.29 is 4.79 Å². The predicted octanol–water partition coefficient (Wildman–Crippen LogP) is 5.62.